The van der Waals surface area contributed by atoms with Crippen LogP contribution in [0.25, 0.3) is 0 Å². The lowest BCUT2D eigenvalue weighted by molar-refractivity contribution is 0.293. The molecular formula is C13H17N3O3S. The van der Waals surface area contributed by atoms with E-state index in [1.807, 2.05) is 12.1 Å². The van der Waals surface area contributed by atoms with Gasteiger partial charge in [0.1, 0.15) is 10.7 Å². The molecule has 0 amide bonds. The molecule has 1 N–H and O–H groups in total. The van der Waals surface area contributed by atoms with Crippen LogP contribution >= 0.6 is 0 Å². The largest absolute Gasteiger partial charge is 0.468 e. The molecule has 3 heterocycles. The van der Waals surface area contributed by atoms with Gasteiger partial charge < -0.3 is 4.42 Å². The molecule has 1 fully saturated rings. The van der Waals surface area contributed by atoms with Gasteiger partial charge in [-0.3, -0.25) is 10.00 Å². The SMILES string of the molecule is CS(=O)(=O)c1cn[nH]c1[C@H]1CCN(Cc2ccco2)C1. The lowest BCUT2D eigenvalue weighted by atomic mass is 10.1. The highest BCUT2D eigenvalue weighted by Crippen LogP contribution is 2.30. The Kier molecular flexibility index (Phi) is 3.39. The molecule has 7 heteroatoms. The van der Waals surface area contributed by atoms with E-state index >= 15 is 0 Å². The number of rotatable bonds is 4. The van der Waals surface area contributed by atoms with Crippen molar-refractivity contribution in [3.8, 4) is 0 Å². The van der Waals surface area contributed by atoms with E-state index in [2.05, 4.69) is 15.1 Å². The summed E-state index contributed by atoms with van der Waals surface area (Å²) in [7, 11) is -3.23. The van der Waals surface area contributed by atoms with Crippen LogP contribution in [0, 0.1) is 0 Å². The first-order valence-electron chi connectivity index (χ1n) is 6.52. The number of aromatic nitrogens is 2. The Morgan fingerprint density at radius 3 is 3.10 bits per heavy atom. The second kappa shape index (κ2) is 5.06. The van der Waals surface area contributed by atoms with E-state index < -0.39 is 9.84 Å². The topological polar surface area (TPSA) is 79.2 Å². The Hall–Kier alpha value is -1.60. The summed E-state index contributed by atoms with van der Waals surface area (Å²) < 4.78 is 28.8. The summed E-state index contributed by atoms with van der Waals surface area (Å²) in [5.41, 5.74) is 0.731. The van der Waals surface area contributed by atoms with Crippen molar-refractivity contribution in [3.05, 3.63) is 36.0 Å². The Labute approximate surface area is 117 Å². The van der Waals surface area contributed by atoms with Gasteiger partial charge in [-0.25, -0.2) is 8.42 Å². The number of hydrogen-bond donors (Lipinski definition) is 1. The van der Waals surface area contributed by atoms with Crippen molar-refractivity contribution in [2.24, 2.45) is 0 Å². The number of aromatic amines is 1. The van der Waals surface area contributed by atoms with Crippen LogP contribution in [-0.2, 0) is 16.4 Å². The van der Waals surface area contributed by atoms with E-state index in [-0.39, 0.29) is 5.92 Å². The molecule has 2 aromatic heterocycles. The Morgan fingerprint density at radius 1 is 1.55 bits per heavy atom. The van der Waals surface area contributed by atoms with Crippen molar-refractivity contribution >= 4 is 9.84 Å². The molecular weight excluding hydrogens is 278 g/mol. The smallest absolute Gasteiger partial charge is 0.178 e. The van der Waals surface area contributed by atoms with Crippen molar-refractivity contribution in [2.75, 3.05) is 19.3 Å². The van der Waals surface area contributed by atoms with E-state index in [1.165, 1.54) is 12.5 Å². The number of nitrogens with one attached hydrogen (secondary N) is 1. The number of nitrogens with zero attached hydrogens (tertiary/aromatic N) is 2. The van der Waals surface area contributed by atoms with Crippen LogP contribution in [0.15, 0.2) is 33.9 Å². The predicted molar refractivity (Wildman–Crippen MR) is 73.0 cm³/mol. The highest BCUT2D eigenvalue weighted by atomic mass is 32.2. The molecule has 2 aromatic rings. The third kappa shape index (κ3) is 2.64. The molecule has 0 bridgehead atoms. The van der Waals surface area contributed by atoms with Crippen LogP contribution in [0.4, 0.5) is 0 Å². The van der Waals surface area contributed by atoms with Crippen LogP contribution in [0.5, 0.6) is 0 Å². The summed E-state index contributed by atoms with van der Waals surface area (Å²) >= 11 is 0. The summed E-state index contributed by atoms with van der Waals surface area (Å²) in [6.07, 6.45) is 5.21. The van der Waals surface area contributed by atoms with Crippen LogP contribution in [0.3, 0.4) is 0 Å². The van der Waals surface area contributed by atoms with Gasteiger partial charge in [0.25, 0.3) is 0 Å². The van der Waals surface area contributed by atoms with Crippen LogP contribution in [0.2, 0.25) is 0 Å². The third-order valence-electron chi connectivity index (χ3n) is 3.67. The number of hydrogen-bond acceptors (Lipinski definition) is 5. The highest BCUT2D eigenvalue weighted by Gasteiger charge is 2.29. The van der Waals surface area contributed by atoms with Crippen LogP contribution in [-0.4, -0.2) is 42.9 Å². The molecule has 0 saturated carbocycles. The Morgan fingerprint density at radius 2 is 2.40 bits per heavy atom. The molecule has 1 atom stereocenters. The Balaban J connectivity index is 1.73. The van der Waals surface area contributed by atoms with Gasteiger partial charge in [0.2, 0.25) is 0 Å². The molecule has 108 valence electrons. The average molecular weight is 295 g/mol. The van der Waals surface area contributed by atoms with Gasteiger partial charge in [0.15, 0.2) is 9.84 Å². The summed E-state index contributed by atoms with van der Waals surface area (Å²) in [6, 6.07) is 3.82. The molecule has 3 rings (SSSR count). The minimum atomic E-state index is -3.23. The molecule has 1 saturated heterocycles. The molecule has 0 aromatic carbocycles. The summed E-state index contributed by atoms with van der Waals surface area (Å²) in [5, 5.41) is 6.75. The number of furan rings is 1. The van der Waals surface area contributed by atoms with Crippen molar-refractivity contribution < 1.29 is 12.8 Å². The van der Waals surface area contributed by atoms with Crippen molar-refractivity contribution in [1.29, 1.82) is 0 Å². The molecule has 0 spiro atoms. The van der Waals surface area contributed by atoms with E-state index in [4.69, 9.17) is 4.42 Å². The number of H-pyrrole nitrogens is 1. The first kappa shape index (κ1) is 13.4. The fourth-order valence-electron chi connectivity index (χ4n) is 2.71. The lowest BCUT2D eigenvalue weighted by Crippen LogP contribution is -2.19. The Bertz CT molecular complexity index is 676. The van der Waals surface area contributed by atoms with Gasteiger partial charge in [0, 0.05) is 18.7 Å². The summed E-state index contributed by atoms with van der Waals surface area (Å²) in [5.74, 6) is 1.11. The van der Waals surface area contributed by atoms with Crippen LogP contribution in [0.1, 0.15) is 23.8 Å². The quantitative estimate of drug-likeness (QED) is 0.922. The number of sulfone groups is 1. The first-order valence-corrected chi connectivity index (χ1v) is 8.41. The zero-order valence-electron chi connectivity index (χ0n) is 11.2. The maximum Gasteiger partial charge on any atom is 0.178 e. The van der Waals surface area contributed by atoms with E-state index in [0.717, 1.165) is 37.5 Å². The lowest BCUT2D eigenvalue weighted by Gasteiger charge is -2.14. The minimum Gasteiger partial charge on any atom is -0.468 e. The van der Waals surface area contributed by atoms with Gasteiger partial charge in [0.05, 0.1) is 24.7 Å². The fourth-order valence-corrected chi connectivity index (χ4v) is 3.56. The second-order valence-electron chi connectivity index (χ2n) is 5.22. The maximum atomic E-state index is 11.7. The molecule has 1 aliphatic heterocycles. The van der Waals surface area contributed by atoms with E-state index in [0.29, 0.717) is 4.90 Å². The van der Waals surface area contributed by atoms with E-state index in [1.54, 1.807) is 6.26 Å². The molecule has 20 heavy (non-hydrogen) atoms. The van der Waals surface area contributed by atoms with Crippen molar-refractivity contribution in [2.45, 2.75) is 23.8 Å². The minimum absolute atomic E-state index is 0.178. The average Bonchev–Trinajstić information content (AvgIpc) is 3.08. The van der Waals surface area contributed by atoms with Gasteiger partial charge in [-0.2, -0.15) is 5.10 Å². The zero-order chi connectivity index (χ0) is 14.2. The molecule has 0 aliphatic carbocycles. The summed E-state index contributed by atoms with van der Waals surface area (Å²) in [4.78, 5) is 2.58. The number of likely N-dealkylation sites (tertiary alicyclic amines) is 1. The zero-order valence-corrected chi connectivity index (χ0v) is 12.1. The molecule has 0 radical (unpaired) electrons. The summed E-state index contributed by atoms with van der Waals surface area (Å²) in [6.45, 7) is 2.49. The highest BCUT2D eigenvalue weighted by molar-refractivity contribution is 7.90. The normalized spacial score (nSPS) is 20.6. The molecule has 0 unspecified atom stereocenters. The van der Waals surface area contributed by atoms with Gasteiger partial charge in [-0.05, 0) is 25.1 Å². The van der Waals surface area contributed by atoms with Gasteiger partial charge in [-0.1, -0.05) is 0 Å². The molecule has 1 aliphatic rings. The fraction of sp³-hybridized carbons (Fsp3) is 0.462. The standard InChI is InChI=1S/C13H17N3O3S/c1-20(17,18)12-7-14-15-13(12)10-4-5-16(8-10)9-11-3-2-6-19-11/h2-3,6-7,10H,4-5,8-9H2,1H3,(H,14,15)/t10-/m0/s1. The maximum absolute atomic E-state index is 11.7. The van der Waals surface area contributed by atoms with Crippen molar-refractivity contribution in [3.63, 3.8) is 0 Å². The third-order valence-corrected chi connectivity index (χ3v) is 4.80. The molecule has 6 nitrogen and oxygen atoms in total. The second-order valence-corrected chi connectivity index (χ2v) is 7.20. The van der Waals surface area contributed by atoms with Crippen LogP contribution < -0.4 is 0 Å². The first-order chi connectivity index (χ1) is 9.54. The predicted octanol–water partition coefficient (Wildman–Crippen LogP) is 1.40. The monoisotopic (exact) mass is 295 g/mol. The van der Waals surface area contributed by atoms with Gasteiger partial charge in [-0.15, -0.1) is 0 Å². The van der Waals surface area contributed by atoms with E-state index in [9.17, 15) is 8.42 Å². The van der Waals surface area contributed by atoms with Gasteiger partial charge >= 0.3 is 0 Å². The van der Waals surface area contributed by atoms with Crippen molar-refractivity contribution in [1.82, 2.24) is 15.1 Å².